The molecule has 0 radical (unpaired) electrons. The molecule has 174 valence electrons. The maximum absolute atomic E-state index is 13.4. The van der Waals surface area contributed by atoms with Crippen molar-refractivity contribution in [1.29, 1.82) is 0 Å². The Morgan fingerprint density at radius 1 is 1.12 bits per heavy atom. The molecule has 0 spiro atoms. The van der Waals surface area contributed by atoms with Gasteiger partial charge >= 0.3 is 0 Å². The van der Waals surface area contributed by atoms with E-state index >= 15 is 0 Å². The standard InChI is InChI=1S/C21H24BrCl2N3O4S/c1-4-19(21(29)25-2)26(12-14-5-8-16(23)11-18(14)24)20(28)13-27(32(3,30)31)17-9-6-15(22)7-10-17/h5-11,19H,4,12-13H2,1-3H3,(H,25,29). The first-order valence-corrected chi connectivity index (χ1v) is 13.1. The van der Waals surface area contributed by atoms with Crippen LogP contribution in [0.15, 0.2) is 46.9 Å². The number of rotatable bonds is 9. The minimum Gasteiger partial charge on any atom is -0.357 e. The van der Waals surface area contributed by atoms with E-state index in [1.165, 1.54) is 11.9 Å². The first-order valence-electron chi connectivity index (χ1n) is 9.66. The van der Waals surface area contributed by atoms with Crippen LogP contribution in [-0.4, -0.2) is 51.0 Å². The van der Waals surface area contributed by atoms with Gasteiger partial charge in [-0.15, -0.1) is 0 Å². The quantitative estimate of drug-likeness (QED) is 0.497. The Bertz CT molecular complexity index is 1080. The van der Waals surface area contributed by atoms with Gasteiger partial charge in [0.15, 0.2) is 0 Å². The summed E-state index contributed by atoms with van der Waals surface area (Å²) in [6.45, 7) is 1.31. The molecule has 1 unspecified atom stereocenters. The van der Waals surface area contributed by atoms with Crippen molar-refractivity contribution in [3.05, 3.63) is 62.5 Å². The summed E-state index contributed by atoms with van der Waals surface area (Å²) in [5, 5.41) is 3.34. The second-order valence-electron chi connectivity index (χ2n) is 7.04. The zero-order chi connectivity index (χ0) is 24.1. The number of benzene rings is 2. The second-order valence-corrected chi connectivity index (χ2v) is 10.7. The normalized spacial score (nSPS) is 12.2. The molecule has 32 heavy (non-hydrogen) atoms. The van der Waals surface area contributed by atoms with E-state index in [2.05, 4.69) is 21.2 Å². The summed E-state index contributed by atoms with van der Waals surface area (Å²) in [5.41, 5.74) is 0.919. The van der Waals surface area contributed by atoms with Crippen LogP contribution in [0.4, 0.5) is 5.69 Å². The van der Waals surface area contributed by atoms with Crippen LogP contribution < -0.4 is 9.62 Å². The van der Waals surface area contributed by atoms with Gasteiger partial charge in [0, 0.05) is 28.1 Å². The van der Waals surface area contributed by atoms with E-state index in [9.17, 15) is 18.0 Å². The topological polar surface area (TPSA) is 86.8 Å². The molecule has 0 bridgehead atoms. The molecule has 1 atom stereocenters. The van der Waals surface area contributed by atoms with Crippen LogP contribution in [-0.2, 0) is 26.2 Å². The fourth-order valence-corrected chi connectivity index (χ4v) is 4.72. The van der Waals surface area contributed by atoms with Crippen LogP contribution in [0.3, 0.4) is 0 Å². The van der Waals surface area contributed by atoms with E-state index in [0.29, 0.717) is 27.7 Å². The van der Waals surface area contributed by atoms with Crippen molar-refractivity contribution in [2.45, 2.75) is 25.9 Å². The summed E-state index contributed by atoms with van der Waals surface area (Å²) in [7, 11) is -2.30. The molecule has 0 aliphatic carbocycles. The number of likely N-dealkylation sites (N-methyl/N-ethyl adjacent to an activating group) is 1. The predicted molar refractivity (Wildman–Crippen MR) is 131 cm³/mol. The molecule has 2 rings (SSSR count). The van der Waals surface area contributed by atoms with Crippen molar-refractivity contribution in [3.63, 3.8) is 0 Å². The number of amides is 2. The Morgan fingerprint density at radius 3 is 2.25 bits per heavy atom. The SMILES string of the molecule is CCC(C(=O)NC)N(Cc1ccc(Cl)cc1Cl)C(=O)CN(c1ccc(Br)cc1)S(C)(=O)=O. The van der Waals surface area contributed by atoms with E-state index < -0.39 is 28.5 Å². The molecule has 2 amide bonds. The largest absolute Gasteiger partial charge is 0.357 e. The monoisotopic (exact) mass is 563 g/mol. The lowest BCUT2D eigenvalue weighted by molar-refractivity contribution is -0.140. The van der Waals surface area contributed by atoms with Crippen LogP contribution >= 0.6 is 39.1 Å². The Morgan fingerprint density at radius 2 is 1.75 bits per heavy atom. The molecule has 0 saturated heterocycles. The van der Waals surface area contributed by atoms with Crippen LogP contribution in [0.1, 0.15) is 18.9 Å². The number of nitrogens with zero attached hydrogens (tertiary/aromatic N) is 2. The van der Waals surface area contributed by atoms with Gasteiger partial charge < -0.3 is 10.2 Å². The molecular formula is C21H24BrCl2N3O4S. The number of carbonyl (C=O) groups excluding carboxylic acids is 2. The highest BCUT2D eigenvalue weighted by Crippen LogP contribution is 2.25. The highest BCUT2D eigenvalue weighted by molar-refractivity contribution is 9.10. The molecule has 2 aromatic carbocycles. The zero-order valence-corrected chi connectivity index (χ0v) is 21.7. The van der Waals surface area contributed by atoms with E-state index in [1.807, 2.05) is 0 Å². The van der Waals surface area contributed by atoms with Crippen LogP contribution in [0.2, 0.25) is 10.0 Å². The maximum Gasteiger partial charge on any atom is 0.244 e. The summed E-state index contributed by atoms with van der Waals surface area (Å²) in [4.78, 5) is 27.3. The Labute approximate surface area is 206 Å². The van der Waals surface area contributed by atoms with Gasteiger partial charge in [0.05, 0.1) is 11.9 Å². The third kappa shape index (κ3) is 6.84. The lowest BCUT2D eigenvalue weighted by atomic mass is 10.1. The molecule has 0 aliphatic rings. The van der Waals surface area contributed by atoms with Crippen LogP contribution in [0, 0.1) is 0 Å². The molecule has 1 N–H and O–H groups in total. The van der Waals surface area contributed by atoms with Crippen molar-refractivity contribution in [2.75, 3.05) is 24.2 Å². The number of sulfonamides is 1. The highest BCUT2D eigenvalue weighted by Gasteiger charge is 2.31. The fraction of sp³-hybridized carbons (Fsp3) is 0.333. The van der Waals surface area contributed by atoms with Gasteiger partial charge in [-0.3, -0.25) is 13.9 Å². The second kappa shape index (κ2) is 11.4. The van der Waals surface area contributed by atoms with Crippen LogP contribution in [0.5, 0.6) is 0 Å². The van der Waals surface area contributed by atoms with E-state index in [-0.39, 0.29) is 12.5 Å². The van der Waals surface area contributed by atoms with Gasteiger partial charge in [-0.05, 0) is 48.4 Å². The first-order chi connectivity index (χ1) is 15.0. The molecule has 0 aliphatic heterocycles. The van der Waals surface area contributed by atoms with Gasteiger partial charge in [0.25, 0.3) is 0 Å². The summed E-state index contributed by atoms with van der Waals surface area (Å²) in [6, 6.07) is 10.6. The average Bonchev–Trinajstić information content (AvgIpc) is 2.73. The van der Waals surface area contributed by atoms with Crippen molar-refractivity contribution < 1.29 is 18.0 Å². The lowest BCUT2D eigenvalue weighted by Crippen LogP contribution is -2.51. The molecule has 0 heterocycles. The minimum atomic E-state index is -3.78. The Hall–Kier alpha value is -1.81. The van der Waals surface area contributed by atoms with Crippen molar-refractivity contribution in [3.8, 4) is 0 Å². The molecule has 11 heteroatoms. The van der Waals surface area contributed by atoms with E-state index in [0.717, 1.165) is 15.0 Å². The maximum atomic E-state index is 13.4. The van der Waals surface area contributed by atoms with Gasteiger partial charge in [-0.25, -0.2) is 8.42 Å². The van der Waals surface area contributed by atoms with Gasteiger partial charge in [-0.1, -0.05) is 52.1 Å². The highest BCUT2D eigenvalue weighted by atomic mass is 79.9. The van der Waals surface area contributed by atoms with Gasteiger partial charge in [0.2, 0.25) is 21.8 Å². The summed E-state index contributed by atoms with van der Waals surface area (Å²) >= 11 is 15.6. The average molecular weight is 565 g/mol. The number of nitrogens with one attached hydrogen (secondary N) is 1. The summed E-state index contributed by atoms with van der Waals surface area (Å²) < 4.78 is 26.7. The molecular weight excluding hydrogens is 541 g/mol. The molecule has 0 aromatic heterocycles. The van der Waals surface area contributed by atoms with Crippen molar-refractivity contribution in [1.82, 2.24) is 10.2 Å². The van der Waals surface area contributed by atoms with Crippen molar-refractivity contribution >= 4 is 66.7 Å². The summed E-state index contributed by atoms with van der Waals surface area (Å²) in [6.07, 6.45) is 1.35. The van der Waals surface area contributed by atoms with Gasteiger partial charge in [-0.2, -0.15) is 0 Å². The smallest absolute Gasteiger partial charge is 0.244 e. The third-order valence-electron chi connectivity index (χ3n) is 4.78. The minimum absolute atomic E-state index is 0.0126. The predicted octanol–water partition coefficient (Wildman–Crippen LogP) is 4.08. The molecule has 2 aromatic rings. The lowest BCUT2D eigenvalue weighted by Gasteiger charge is -2.32. The number of anilines is 1. The first kappa shape index (κ1) is 26.4. The summed E-state index contributed by atoms with van der Waals surface area (Å²) in [5.74, 6) is -0.903. The Balaban J connectivity index is 2.44. The van der Waals surface area contributed by atoms with Gasteiger partial charge in [0.1, 0.15) is 12.6 Å². The zero-order valence-electron chi connectivity index (χ0n) is 17.8. The number of carbonyl (C=O) groups is 2. The third-order valence-corrected chi connectivity index (χ3v) is 7.04. The molecule has 7 nitrogen and oxygen atoms in total. The van der Waals surface area contributed by atoms with Crippen molar-refractivity contribution in [2.24, 2.45) is 0 Å². The van der Waals surface area contributed by atoms with E-state index in [1.54, 1.807) is 49.4 Å². The van der Waals surface area contributed by atoms with Crippen LogP contribution in [0.25, 0.3) is 0 Å². The fourth-order valence-electron chi connectivity index (χ4n) is 3.14. The number of hydrogen-bond acceptors (Lipinski definition) is 4. The number of halogens is 3. The Kier molecular flexibility index (Phi) is 9.39. The number of hydrogen-bond donors (Lipinski definition) is 1. The molecule has 0 saturated carbocycles. The molecule has 0 fully saturated rings. The van der Waals surface area contributed by atoms with E-state index in [4.69, 9.17) is 23.2 Å².